The highest BCUT2D eigenvalue weighted by atomic mass is 19.3. The Morgan fingerprint density at radius 1 is 1.24 bits per heavy atom. The van der Waals surface area contributed by atoms with Gasteiger partial charge in [0, 0.05) is 11.8 Å². The highest BCUT2D eigenvalue weighted by molar-refractivity contribution is 5.88. The van der Waals surface area contributed by atoms with Crippen LogP contribution in [0.2, 0.25) is 0 Å². The molecule has 0 radical (unpaired) electrons. The number of aromatic nitrogens is 5. The summed E-state index contributed by atoms with van der Waals surface area (Å²) in [4.78, 5) is 21.3. The van der Waals surface area contributed by atoms with E-state index in [1.54, 1.807) is 13.0 Å². The molecule has 3 heterocycles. The van der Waals surface area contributed by atoms with E-state index >= 15 is 0 Å². The van der Waals surface area contributed by atoms with Crippen LogP contribution in [0.5, 0.6) is 6.01 Å². The SMILES string of the molecule is Cc1nnn(-c2ccc(C(F)F)cc2)c1COc1nccc(N2CCOC2=O)n1. The molecule has 1 aliphatic heterocycles. The monoisotopic (exact) mass is 402 g/mol. The van der Waals surface area contributed by atoms with Gasteiger partial charge in [-0.05, 0) is 25.1 Å². The van der Waals surface area contributed by atoms with E-state index in [0.717, 1.165) is 0 Å². The molecule has 3 aromatic rings. The average molecular weight is 402 g/mol. The Balaban J connectivity index is 1.52. The minimum Gasteiger partial charge on any atom is -0.457 e. The molecule has 2 aromatic heterocycles. The van der Waals surface area contributed by atoms with Gasteiger partial charge in [0.2, 0.25) is 0 Å². The number of alkyl halides is 2. The highest BCUT2D eigenvalue weighted by Crippen LogP contribution is 2.22. The van der Waals surface area contributed by atoms with E-state index in [1.807, 2.05) is 0 Å². The lowest BCUT2D eigenvalue weighted by atomic mass is 10.2. The Labute approximate surface area is 163 Å². The number of anilines is 1. The van der Waals surface area contributed by atoms with E-state index in [2.05, 4.69) is 20.3 Å². The summed E-state index contributed by atoms with van der Waals surface area (Å²) in [5.74, 6) is 0.378. The average Bonchev–Trinajstić information content (AvgIpc) is 3.32. The predicted octanol–water partition coefficient (Wildman–Crippen LogP) is 2.84. The Bertz CT molecular complexity index is 1020. The van der Waals surface area contributed by atoms with Crippen molar-refractivity contribution in [2.24, 2.45) is 0 Å². The number of hydrogen-bond acceptors (Lipinski definition) is 7. The predicted molar refractivity (Wildman–Crippen MR) is 96.1 cm³/mol. The molecule has 0 spiro atoms. The normalized spacial score (nSPS) is 13.8. The maximum Gasteiger partial charge on any atom is 0.415 e. The molecule has 0 bridgehead atoms. The summed E-state index contributed by atoms with van der Waals surface area (Å²) < 4.78 is 37.6. The Hall–Kier alpha value is -3.63. The van der Waals surface area contributed by atoms with Crippen LogP contribution in [-0.2, 0) is 11.3 Å². The second-order valence-corrected chi connectivity index (χ2v) is 6.18. The standard InChI is InChI=1S/C18H16F2N6O3/c1-11-14(26(24-23-11)13-4-2-12(3-5-13)16(19)20)10-29-17-21-7-6-15(22-17)25-8-9-28-18(25)27/h2-7,16H,8-10H2,1H3. The van der Waals surface area contributed by atoms with Crippen LogP contribution in [0.15, 0.2) is 36.5 Å². The van der Waals surface area contributed by atoms with Crippen molar-refractivity contribution >= 4 is 11.9 Å². The summed E-state index contributed by atoms with van der Waals surface area (Å²) in [6, 6.07) is 7.40. The number of cyclic esters (lactones) is 1. The van der Waals surface area contributed by atoms with Crippen molar-refractivity contribution in [1.82, 2.24) is 25.0 Å². The molecule has 150 valence electrons. The fourth-order valence-corrected chi connectivity index (χ4v) is 2.80. The number of benzene rings is 1. The number of halogens is 2. The van der Waals surface area contributed by atoms with Gasteiger partial charge in [-0.2, -0.15) is 4.98 Å². The summed E-state index contributed by atoms with van der Waals surface area (Å²) in [5.41, 5.74) is 1.73. The zero-order valence-corrected chi connectivity index (χ0v) is 15.3. The van der Waals surface area contributed by atoms with Crippen molar-refractivity contribution in [3.05, 3.63) is 53.5 Å². The first-order valence-electron chi connectivity index (χ1n) is 8.73. The van der Waals surface area contributed by atoms with Crippen molar-refractivity contribution in [3.8, 4) is 11.7 Å². The number of rotatable bonds is 6. The van der Waals surface area contributed by atoms with Gasteiger partial charge in [-0.1, -0.05) is 17.3 Å². The number of ether oxygens (including phenoxy) is 2. The van der Waals surface area contributed by atoms with Crippen LogP contribution in [-0.4, -0.2) is 44.2 Å². The fourth-order valence-electron chi connectivity index (χ4n) is 2.80. The minimum absolute atomic E-state index is 0.0450. The first-order valence-corrected chi connectivity index (χ1v) is 8.73. The van der Waals surface area contributed by atoms with Gasteiger partial charge >= 0.3 is 12.1 Å². The van der Waals surface area contributed by atoms with Crippen LogP contribution in [0.3, 0.4) is 0 Å². The minimum atomic E-state index is -2.54. The summed E-state index contributed by atoms with van der Waals surface area (Å²) in [6.45, 7) is 2.50. The molecule has 1 fully saturated rings. The van der Waals surface area contributed by atoms with Crippen LogP contribution < -0.4 is 9.64 Å². The van der Waals surface area contributed by atoms with Gasteiger partial charge in [0.25, 0.3) is 6.43 Å². The molecule has 0 unspecified atom stereocenters. The lowest BCUT2D eigenvalue weighted by Crippen LogP contribution is -2.24. The van der Waals surface area contributed by atoms with Crippen molar-refractivity contribution in [3.63, 3.8) is 0 Å². The second-order valence-electron chi connectivity index (χ2n) is 6.18. The van der Waals surface area contributed by atoms with Crippen molar-refractivity contribution in [2.75, 3.05) is 18.1 Å². The van der Waals surface area contributed by atoms with Gasteiger partial charge in [-0.15, -0.1) is 5.10 Å². The molecule has 4 rings (SSSR count). The van der Waals surface area contributed by atoms with Gasteiger partial charge < -0.3 is 9.47 Å². The Morgan fingerprint density at radius 2 is 2.03 bits per heavy atom. The van der Waals surface area contributed by atoms with Gasteiger partial charge in [0.15, 0.2) is 0 Å². The summed E-state index contributed by atoms with van der Waals surface area (Å²) in [5, 5.41) is 8.08. The van der Waals surface area contributed by atoms with E-state index in [4.69, 9.17) is 9.47 Å². The largest absolute Gasteiger partial charge is 0.457 e. The van der Waals surface area contributed by atoms with Gasteiger partial charge in [-0.25, -0.2) is 23.2 Å². The zero-order valence-electron chi connectivity index (χ0n) is 15.3. The fraction of sp³-hybridized carbons (Fsp3) is 0.278. The number of nitrogens with zero attached hydrogens (tertiary/aromatic N) is 6. The molecule has 0 N–H and O–H groups in total. The third-order valence-electron chi connectivity index (χ3n) is 4.34. The van der Waals surface area contributed by atoms with E-state index in [9.17, 15) is 13.6 Å². The first kappa shape index (κ1) is 18.7. The van der Waals surface area contributed by atoms with Crippen LogP contribution >= 0.6 is 0 Å². The van der Waals surface area contributed by atoms with E-state index in [1.165, 1.54) is 40.0 Å². The molecule has 11 heteroatoms. The lowest BCUT2D eigenvalue weighted by Gasteiger charge is -2.12. The molecular weight excluding hydrogens is 386 g/mol. The van der Waals surface area contributed by atoms with Crippen LogP contribution in [0.25, 0.3) is 5.69 Å². The number of amides is 1. The number of aryl methyl sites for hydroxylation is 1. The van der Waals surface area contributed by atoms with E-state index in [0.29, 0.717) is 36.0 Å². The maximum atomic E-state index is 12.8. The lowest BCUT2D eigenvalue weighted by molar-refractivity contribution is 0.151. The molecule has 29 heavy (non-hydrogen) atoms. The zero-order chi connectivity index (χ0) is 20.4. The topological polar surface area (TPSA) is 95.3 Å². The molecule has 1 amide bonds. The molecule has 0 aliphatic carbocycles. The van der Waals surface area contributed by atoms with Crippen molar-refractivity contribution in [1.29, 1.82) is 0 Å². The first-order chi connectivity index (χ1) is 14.0. The molecule has 1 aromatic carbocycles. The third-order valence-corrected chi connectivity index (χ3v) is 4.34. The maximum absolute atomic E-state index is 12.8. The van der Waals surface area contributed by atoms with Gasteiger partial charge in [0.1, 0.15) is 24.7 Å². The molecule has 9 nitrogen and oxygen atoms in total. The molecule has 1 aliphatic rings. The third kappa shape index (κ3) is 3.84. The second kappa shape index (κ2) is 7.78. The molecule has 0 atom stereocenters. The Kier molecular flexibility index (Phi) is 5.02. The van der Waals surface area contributed by atoms with Crippen LogP contribution in [0.1, 0.15) is 23.4 Å². The highest BCUT2D eigenvalue weighted by Gasteiger charge is 2.25. The molecular formula is C18H16F2N6O3. The molecule has 0 saturated carbocycles. The smallest absolute Gasteiger partial charge is 0.415 e. The van der Waals surface area contributed by atoms with Crippen LogP contribution in [0, 0.1) is 6.92 Å². The van der Waals surface area contributed by atoms with Crippen molar-refractivity contribution in [2.45, 2.75) is 20.0 Å². The quantitative estimate of drug-likeness (QED) is 0.626. The summed E-state index contributed by atoms with van der Waals surface area (Å²) in [6.07, 6.45) is -1.53. The van der Waals surface area contributed by atoms with Crippen molar-refractivity contribution < 1.29 is 23.0 Å². The van der Waals surface area contributed by atoms with Gasteiger partial charge in [-0.3, -0.25) is 4.90 Å². The van der Waals surface area contributed by atoms with E-state index < -0.39 is 12.5 Å². The number of hydrogen-bond donors (Lipinski definition) is 0. The summed E-state index contributed by atoms with van der Waals surface area (Å²) >= 11 is 0. The van der Waals surface area contributed by atoms with E-state index in [-0.39, 0.29) is 18.2 Å². The Morgan fingerprint density at radius 3 is 2.72 bits per heavy atom. The number of carbonyl (C=O) groups excluding carboxylic acids is 1. The van der Waals surface area contributed by atoms with Gasteiger partial charge in [0.05, 0.1) is 17.9 Å². The van der Waals surface area contributed by atoms with Crippen LogP contribution in [0.4, 0.5) is 19.4 Å². The molecule has 1 saturated heterocycles. The number of carbonyl (C=O) groups is 1. The summed E-state index contributed by atoms with van der Waals surface area (Å²) in [7, 11) is 0.